The molecule has 0 aliphatic heterocycles. The van der Waals surface area contributed by atoms with E-state index in [2.05, 4.69) is 39.3 Å². The highest BCUT2D eigenvalue weighted by Crippen LogP contribution is 2.28. The molecule has 0 saturated heterocycles. The highest BCUT2D eigenvalue weighted by atomic mass is 127. The first-order valence-electron chi connectivity index (χ1n) is 3.88. The fourth-order valence-corrected chi connectivity index (χ4v) is 2.80. The summed E-state index contributed by atoms with van der Waals surface area (Å²) in [6.45, 7) is 0.589. The SMILES string of the molecule is NCc1ccc2cnn(PI)c2c1. The van der Waals surface area contributed by atoms with Crippen molar-refractivity contribution in [1.29, 1.82) is 0 Å². The summed E-state index contributed by atoms with van der Waals surface area (Å²) in [7, 11) is 0. The molecule has 1 heterocycles. The van der Waals surface area contributed by atoms with E-state index in [4.69, 9.17) is 5.73 Å². The van der Waals surface area contributed by atoms with Crippen LogP contribution in [0.5, 0.6) is 0 Å². The lowest BCUT2D eigenvalue weighted by molar-refractivity contribution is 1.03. The molecule has 1 aromatic carbocycles. The van der Waals surface area contributed by atoms with Crippen LogP contribution >= 0.6 is 28.4 Å². The second-order valence-corrected chi connectivity index (χ2v) is 4.78. The van der Waals surface area contributed by atoms with E-state index in [1.807, 2.05) is 16.7 Å². The van der Waals surface area contributed by atoms with Crippen molar-refractivity contribution in [3.8, 4) is 0 Å². The molecule has 0 spiro atoms. The van der Waals surface area contributed by atoms with Crippen LogP contribution in [0.15, 0.2) is 24.4 Å². The Morgan fingerprint density at radius 2 is 2.38 bits per heavy atom. The summed E-state index contributed by atoms with van der Waals surface area (Å²) in [6, 6.07) is 6.22. The molecule has 0 saturated carbocycles. The molecule has 0 bridgehead atoms. The van der Waals surface area contributed by atoms with Crippen LogP contribution in [0.2, 0.25) is 0 Å². The Bertz CT molecular complexity index is 426. The van der Waals surface area contributed by atoms with Gasteiger partial charge in [-0.25, -0.2) is 4.45 Å². The number of nitrogens with zero attached hydrogens (tertiary/aromatic N) is 2. The number of rotatable bonds is 2. The van der Waals surface area contributed by atoms with Crippen molar-refractivity contribution in [2.45, 2.75) is 6.54 Å². The minimum absolute atomic E-state index is 0.589. The summed E-state index contributed by atoms with van der Waals surface area (Å²) in [6.07, 6.45) is 2.53. The Balaban J connectivity index is 2.64. The lowest BCUT2D eigenvalue weighted by Gasteiger charge is -1.99. The first-order chi connectivity index (χ1) is 6.35. The van der Waals surface area contributed by atoms with Crippen LogP contribution in [0.25, 0.3) is 10.9 Å². The van der Waals surface area contributed by atoms with Gasteiger partial charge in [0.25, 0.3) is 0 Å². The van der Waals surface area contributed by atoms with Gasteiger partial charge in [0.15, 0.2) is 0 Å². The Hall–Kier alpha value is -0.190. The van der Waals surface area contributed by atoms with Crippen LogP contribution in [0.1, 0.15) is 5.56 Å². The molecule has 2 rings (SSSR count). The predicted molar refractivity (Wildman–Crippen MR) is 65.4 cm³/mol. The van der Waals surface area contributed by atoms with E-state index < -0.39 is 0 Å². The van der Waals surface area contributed by atoms with E-state index in [0.29, 0.717) is 12.9 Å². The highest BCUT2D eigenvalue weighted by Gasteiger charge is 2.01. The van der Waals surface area contributed by atoms with Gasteiger partial charge >= 0.3 is 0 Å². The number of aromatic nitrogens is 2. The Kier molecular flexibility index (Phi) is 2.81. The van der Waals surface area contributed by atoms with Crippen LogP contribution in [0.3, 0.4) is 0 Å². The zero-order valence-corrected chi connectivity index (χ0v) is 10.0. The minimum atomic E-state index is 0.589. The first-order valence-corrected chi connectivity index (χ1v) is 7.94. The molecule has 13 heavy (non-hydrogen) atoms. The van der Waals surface area contributed by atoms with Gasteiger partial charge in [0, 0.05) is 11.9 Å². The van der Waals surface area contributed by atoms with E-state index in [9.17, 15) is 0 Å². The molecular formula is C8H9IN3P. The largest absolute Gasteiger partial charge is 0.326 e. The molecule has 3 nitrogen and oxygen atoms in total. The van der Waals surface area contributed by atoms with E-state index in [-0.39, 0.29) is 0 Å². The van der Waals surface area contributed by atoms with Gasteiger partial charge in [-0.15, -0.1) is 0 Å². The average molecular weight is 305 g/mol. The van der Waals surface area contributed by atoms with Crippen LogP contribution in [0, 0.1) is 0 Å². The molecule has 5 heteroatoms. The Morgan fingerprint density at radius 3 is 3.08 bits per heavy atom. The number of nitrogens with two attached hydrogens (primary N) is 1. The molecule has 0 amide bonds. The third-order valence-electron chi connectivity index (χ3n) is 1.95. The molecule has 0 aliphatic rings. The average Bonchev–Trinajstić information content (AvgIpc) is 2.59. The summed E-state index contributed by atoms with van der Waals surface area (Å²) < 4.78 is 2.00. The third-order valence-corrected chi connectivity index (χ3v) is 3.84. The molecular weight excluding hydrogens is 296 g/mol. The molecule has 2 aromatic rings. The lowest BCUT2D eigenvalue weighted by Crippen LogP contribution is -1.95. The third kappa shape index (κ3) is 1.71. The summed E-state index contributed by atoms with van der Waals surface area (Å²) in [5.74, 6) is 0. The zero-order chi connectivity index (χ0) is 9.26. The molecule has 1 atom stereocenters. The highest BCUT2D eigenvalue weighted by molar-refractivity contribution is 14.2. The lowest BCUT2D eigenvalue weighted by atomic mass is 10.2. The van der Waals surface area contributed by atoms with Crippen molar-refractivity contribution < 1.29 is 0 Å². The van der Waals surface area contributed by atoms with E-state index >= 15 is 0 Å². The van der Waals surface area contributed by atoms with E-state index in [1.54, 1.807) is 0 Å². The van der Waals surface area contributed by atoms with Crippen molar-refractivity contribution in [2.24, 2.45) is 5.73 Å². The molecule has 0 aliphatic carbocycles. The second-order valence-electron chi connectivity index (χ2n) is 2.74. The maximum Gasteiger partial charge on any atom is 0.0732 e. The van der Waals surface area contributed by atoms with Gasteiger partial charge in [0.2, 0.25) is 0 Å². The Labute approximate surface area is 91.0 Å². The van der Waals surface area contributed by atoms with Gasteiger partial charge in [-0.05, 0) is 33.7 Å². The maximum atomic E-state index is 5.57. The van der Waals surface area contributed by atoms with Crippen molar-refractivity contribution in [3.63, 3.8) is 0 Å². The van der Waals surface area contributed by atoms with Gasteiger partial charge < -0.3 is 5.73 Å². The van der Waals surface area contributed by atoms with E-state index in [0.717, 1.165) is 5.56 Å². The number of fused-ring (bicyclic) bond motifs is 1. The zero-order valence-electron chi connectivity index (χ0n) is 6.87. The Morgan fingerprint density at radius 1 is 1.54 bits per heavy atom. The van der Waals surface area contributed by atoms with Gasteiger partial charge in [-0.3, -0.25) is 0 Å². The second kappa shape index (κ2) is 3.90. The normalized spacial score (nSPS) is 11.8. The van der Waals surface area contributed by atoms with Gasteiger partial charge in [0.05, 0.1) is 18.1 Å². The smallest absolute Gasteiger partial charge is 0.0732 e. The minimum Gasteiger partial charge on any atom is -0.326 e. The van der Waals surface area contributed by atoms with Gasteiger partial charge in [-0.2, -0.15) is 5.10 Å². The van der Waals surface area contributed by atoms with Crippen LogP contribution in [0.4, 0.5) is 0 Å². The monoisotopic (exact) mass is 305 g/mol. The number of hydrogen-bond acceptors (Lipinski definition) is 2. The first kappa shape index (κ1) is 9.37. The fraction of sp³-hybridized carbons (Fsp3) is 0.125. The van der Waals surface area contributed by atoms with Crippen LogP contribution in [-0.4, -0.2) is 9.55 Å². The van der Waals surface area contributed by atoms with Gasteiger partial charge in [0.1, 0.15) is 0 Å². The summed E-state index contributed by atoms with van der Waals surface area (Å²) in [5, 5.41) is 5.45. The standard InChI is InChI=1S/C8H9IN3P/c9-13-12-8-3-6(4-10)1-2-7(8)5-11-12/h1-3,5,13H,4,10H2. The predicted octanol–water partition coefficient (Wildman–Crippen LogP) is 2.29. The van der Waals surface area contributed by atoms with Crippen molar-refractivity contribution in [2.75, 3.05) is 0 Å². The molecule has 0 fully saturated rings. The van der Waals surface area contributed by atoms with E-state index in [1.165, 1.54) is 10.9 Å². The van der Waals surface area contributed by atoms with Crippen molar-refractivity contribution in [1.82, 2.24) is 9.55 Å². The quantitative estimate of drug-likeness (QED) is 0.683. The van der Waals surface area contributed by atoms with Crippen molar-refractivity contribution >= 4 is 39.3 Å². The maximum absolute atomic E-state index is 5.57. The summed E-state index contributed by atoms with van der Waals surface area (Å²) in [4.78, 5) is 0. The number of hydrogen-bond donors (Lipinski definition) is 1. The molecule has 68 valence electrons. The fourth-order valence-electron chi connectivity index (χ4n) is 1.26. The number of benzene rings is 1. The summed E-state index contributed by atoms with van der Waals surface area (Å²) >= 11 is 2.32. The molecule has 1 unspecified atom stereocenters. The summed E-state index contributed by atoms with van der Waals surface area (Å²) in [5.41, 5.74) is 7.90. The van der Waals surface area contributed by atoms with Gasteiger partial charge in [-0.1, -0.05) is 12.1 Å². The number of halogens is 1. The molecule has 1 aromatic heterocycles. The van der Waals surface area contributed by atoms with Crippen molar-refractivity contribution in [3.05, 3.63) is 30.0 Å². The van der Waals surface area contributed by atoms with Crippen LogP contribution in [-0.2, 0) is 6.54 Å². The van der Waals surface area contributed by atoms with Crippen LogP contribution < -0.4 is 5.73 Å². The molecule has 0 radical (unpaired) electrons. The molecule has 2 N–H and O–H groups in total. The topological polar surface area (TPSA) is 43.8 Å².